The molecule has 2 N–H and O–H groups in total. The number of H-pyrrole nitrogens is 1. The topological polar surface area (TPSA) is 66.1 Å². The number of likely N-dealkylation sites (N-methyl/N-ethyl adjacent to an activating group) is 2. The third-order valence-corrected chi connectivity index (χ3v) is 4.28. The number of halogens is 3. The largest absolute Gasteiger partial charge is 0.456 e. The Kier molecular flexibility index (Phi) is 6.50. The van der Waals surface area contributed by atoms with Crippen molar-refractivity contribution in [3.05, 3.63) is 60.0 Å². The highest BCUT2D eigenvalue weighted by atomic mass is 19.4. The second-order valence-electron chi connectivity index (χ2n) is 6.64. The van der Waals surface area contributed by atoms with Gasteiger partial charge < -0.3 is 15.0 Å². The molecule has 0 spiro atoms. The molecule has 2 heterocycles. The van der Waals surface area contributed by atoms with Crippen LogP contribution in [0.3, 0.4) is 0 Å². The Labute approximate surface area is 166 Å². The van der Waals surface area contributed by atoms with Crippen LogP contribution in [0.2, 0.25) is 0 Å². The number of aromatic amines is 1. The zero-order valence-corrected chi connectivity index (χ0v) is 16.1. The lowest BCUT2D eigenvalue weighted by Gasteiger charge is -2.17. The summed E-state index contributed by atoms with van der Waals surface area (Å²) >= 11 is 0. The molecule has 154 valence electrons. The first-order valence-electron chi connectivity index (χ1n) is 9.03. The van der Waals surface area contributed by atoms with Crippen molar-refractivity contribution in [2.75, 3.05) is 27.2 Å². The minimum absolute atomic E-state index is 0.0697. The fourth-order valence-electron chi connectivity index (χ4n) is 2.86. The van der Waals surface area contributed by atoms with Gasteiger partial charge in [0.25, 0.3) is 0 Å². The molecule has 0 unspecified atom stereocenters. The standard InChI is InChI=1S/C20H22F3N5O/c1-24-6-7-28(2)13-15-11-26-27-19(15)14-8-16(20(21,22)23)10-18(9-14)29-17-4-3-5-25-12-17/h3-5,8-12,24H,6-7,13H2,1-2H3,(H,26,27). The highest BCUT2D eigenvalue weighted by Crippen LogP contribution is 2.37. The molecule has 1 aromatic carbocycles. The van der Waals surface area contributed by atoms with E-state index in [1.165, 1.54) is 6.20 Å². The first-order chi connectivity index (χ1) is 13.9. The Hall–Kier alpha value is -2.91. The molecule has 0 saturated heterocycles. The summed E-state index contributed by atoms with van der Waals surface area (Å²) in [4.78, 5) is 5.98. The van der Waals surface area contributed by atoms with E-state index in [-0.39, 0.29) is 5.75 Å². The van der Waals surface area contributed by atoms with Crippen LogP contribution in [0.4, 0.5) is 13.2 Å². The summed E-state index contributed by atoms with van der Waals surface area (Å²) in [5, 5.41) is 10.0. The number of rotatable bonds is 8. The first-order valence-corrected chi connectivity index (χ1v) is 9.03. The monoisotopic (exact) mass is 405 g/mol. The predicted molar refractivity (Wildman–Crippen MR) is 104 cm³/mol. The molecular formula is C20H22F3N5O. The van der Waals surface area contributed by atoms with Gasteiger partial charge in [-0.1, -0.05) is 0 Å². The molecular weight excluding hydrogens is 383 g/mol. The van der Waals surface area contributed by atoms with Crippen molar-refractivity contribution in [2.24, 2.45) is 0 Å². The molecule has 0 bridgehead atoms. The Bertz CT molecular complexity index is 927. The van der Waals surface area contributed by atoms with Crippen LogP contribution in [0.25, 0.3) is 11.3 Å². The number of nitrogens with zero attached hydrogens (tertiary/aromatic N) is 3. The van der Waals surface area contributed by atoms with E-state index in [1.807, 2.05) is 14.1 Å². The summed E-state index contributed by atoms with van der Waals surface area (Å²) < 4.78 is 46.0. The minimum Gasteiger partial charge on any atom is -0.456 e. The number of hydrogen-bond donors (Lipinski definition) is 2. The van der Waals surface area contributed by atoms with Gasteiger partial charge in [0.2, 0.25) is 0 Å². The number of alkyl halides is 3. The quantitative estimate of drug-likeness (QED) is 0.594. The molecule has 6 nitrogen and oxygen atoms in total. The molecule has 29 heavy (non-hydrogen) atoms. The van der Waals surface area contributed by atoms with Crippen LogP contribution >= 0.6 is 0 Å². The molecule has 3 aromatic rings. The van der Waals surface area contributed by atoms with E-state index in [4.69, 9.17) is 4.74 Å². The Morgan fingerprint density at radius 2 is 2.03 bits per heavy atom. The Morgan fingerprint density at radius 1 is 1.21 bits per heavy atom. The van der Waals surface area contributed by atoms with Crippen molar-refractivity contribution in [1.82, 2.24) is 25.4 Å². The summed E-state index contributed by atoms with van der Waals surface area (Å²) in [6, 6.07) is 6.89. The van der Waals surface area contributed by atoms with Crippen molar-refractivity contribution in [1.29, 1.82) is 0 Å². The molecule has 3 rings (SSSR count). The zero-order valence-electron chi connectivity index (χ0n) is 16.1. The fraction of sp³-hybridized carbons (Fsp3) is 0.300. The van der Waals surface area contributed by atoms with Gasteiger partial charge in [-0.25, -0.2) is 0 Å². The molecule has 0 aliphatic rings. The fourth-order valence-corrected chi connectivity index (χ4v) is 2.86. The minimum atomic E-state index is -4.51. The summed E-state index contributed by atoms with van der Waals surface area (Å²) in [6.45, 7) is 2.14. The number of hydrogen-bond acceptors (Lipinski definition) is 5. The van der Waals surface area contributed by atoms with E-state index < -0.39 is 11.7 Å². The molecule has 0 radical (unpaired) electrons. The van der Waals surface area contributed by atoms with Gasteiger partial charge in [-0.15, -0.1) is 0 Å². The molecule has 0 aliphatic carbocycles. The zero-order chi connectivity index (χ0) is 20.9. The SMILES string of the molecule is CNCCN(C)Cc1c[nH]nc1-c1cc(Oc2cccnc2)cc(C(F)(F)F)c1. The summed E-state index contributed by atoms with van der Waals surface area (Å²) in [7, 11) is 3.81. The third kappa shape index (κ3) is 5.55. The maximum atomic E-state index is 13.5. The third-order valence-electron chi connectivity index (χ3n) is 4.28. The van der Waals surface area contributed by atoms with Crippen LogP contribution in [-0.2, 0) is 12.7 Å². The van der Waals surface area contributed by atoms with Crippen molar-refractivity contribution in [2.45, 2.75) is 12.7 Å². The van der Waals surface area contributed by atoms with Crippen molar-refractivity contribution in [3.63, 3.8) is 0 Å². The average molecular weight is 405 g/mol. The lowest BCUT2D eigenvalue weighted by Crippen LogP contribution is -2.27. The Morgan fingerprint density at radius 3 is 2.72 bits per heavy atom. The highest BCUT2D eigenvalue weighted by Gasteiger charge is 2.32. The molecule has 9 heteroatoms. The molecule has 0 fully saturated rings. The van der Waals surface area contributed by atoms with Crippen LogP contribution in [-0.4, -0.2) is 47.3 Å². The second kappa shape index (κ2) is 9.06. The summed E-state index contributed by atoms with van der Waals surface area (Å²) in [6.07, 6.45) is 0.192. The summed E-state index contributed by atoms with van der Waals surface area (Å²) in [5.41, 5.74) is 0.794. The van der Waals surface area contributed by atoms with Crippen molar-refractivity contribution in [3.8, 4) is 22.8 Å². The molecule has 0 aliphatic heterocycles. The number of ether oxygens (including phenoxy) is 1. The van der Waals surface area contributed by atoms with Gasteiger partial charge in [-0.2, -0.15) is 18.3 Å². The van der Waals surface area contributed by atoms with E-state index in [1.54, 1.807) is 30.6 Å². The van der Waals surface area contributed by atoms with Crippen LogP contribution in [0.15, 0.2) is 48.9 Å². The van der Waals surface area contributed by atoms with E-state index in [0.29, 0.717) is 23.6 Å². The van der Waals surface area contributed by atoms with Crippen molar-refractivity contribution >= 4 is 0 Å². The number of aromatic nitrogens is 3. The Balaban J connectivity index is 1.95. The average Bonchev–Trinajstić information content (AvgIpc) is 3.14. The summed E-state index contributed by atoms with van der Waals surface area (Å²) in [5.74, 6) is 0.423. The smallest absolute Gasteiger partial charge is 0.416 e. The molecule has 0 saturated carbocycles. The van der Waals surface area contributed by atoms with Crippen LogP contribution in [0.5, 0.6) is 11.5 Å². The normalized spacial score (nSPS) is 11.8. The van der Waals surface area contributed by atoms with Crippen molar-refractivity contribution < 1.29 is 17.9 Å². The van der Waals surface area contributed by atoms with Gasteiger partial charge in [-0.05, 0) is 44.4 Å². The molecule has 2 aromatic heterocycles. The first kappa shape index (κ1) is 20.8. The van der Waals surface area contributed by atoms with Gasteiger partial charge in [-0.3, -0.25) is 10.1 Å². The van der Waals surface area contributed by atoms with E-state index in [2.05, 4.69) is 25.4 Å². The number of pyridine rings is 1. The van der Waals surface area contributed by atoms with Crippen LogP contribution < -0.4 is 10.1 Å². The van der Waals surface area contributed by atoms with Gasteiger partial charge in [0, 0.05) is 43.2 Å². The second-order valence-corrected chi connectivity index (χ2v) is 6.64. The van der Waals surface area contributed by atoms with Gasteiger partial charge in [0.15, 0.2) is 0 Å². The highest BCUT2D eigenvalue weighted by molar-refractivity contribution is 5.66. The van der Waals surface area contributed by atoms with E-state index in [9.17, 15) is 13.2 Å². The number of nitrogens with one attached hydrogen (secondary N) is 2. The molecule has 0 amide bonds. The maximum Gasteiger partial charge on any atom is 0.416 e. The van der Waals surface area contributed by atoms with E-state index >= 15 is 0 Å². The molecule has 0 atom stereocenters. The number of benzene rings is 1. The van der Waals surface area contributed by atoms with Gasteiger partial charge >= 0.3 is 6.18 Å². The maximum absolute atomic E-state index is 13.5. The van der Waals surface area contributed by atoms with Gasteiger partial charge in [0.05, 0.1) is 17.5 Å². The lowest BCUT2D eigenvalue weighted by molar-refractivity contribution is -0.137. The predicted octanol–water partition coefficient (Wildman–Crippen LogP) is 3.93. The van der Waals surface area contributed by atoms with Crippen LogP contribution in [0.1, 0.15) is 11.1 Å². The lowest BCUT2D eigenvalue weighted by atomic mass is 10.0. The van der Waals surface area contributed by atoms with Crippen LogP contribution in [0, 0.1) is 0 Å². The van der Waals surface area contributed by atoms with E-state index in [0.717, 1.165) is 30.8 Å². The van der Waals surface area contributed by atoms with Gasteiger partial charge in [0.1, 0.15) is 11.5 Å².